The topological polar surface area (TPSA) is 23.8 Å². The van der Waals surface area contributed by atoms with Crippen LogP contribution in [0, 0.1) is 17.2 Å². The predicted molar refractivity (Wildman–Crippen MR) is 54.2 cm³/mol. The molecule has 0 saturated carbocycles. The van der Waals surface area contributed by atoms with E-state index in [1.54, 1.807) is 0 Å². The van der Waals surface area contributed by atoms with Crippen LogP contribution >= 0.6 is 0 Å². The molecule has 0 heterocycles. The molecule has 0 spiro atoms. The number of nitriles is 1. The summed E-state index contributed by atoms with van der Waals surface area (Å²) in [5, 5.41) is 8.98. The Morgan fingerprint density at radius 1 is 1.38 bits per heavy atom. The minimum absolute atomic E-state index is 0.0706. The molecule has 66 valence electrons. The second kappa shape index (κ2) is 4.47. The molecule has 0 aliphatic rings. The molecule has 0 fully saturated rings. The van der Waals surface area contributed by atoms with E-state index in [0.29, 0.717) is 0 Å². The van der Waals surface area contributed by atoms with Crippen molar-refractivity contribution >= 4 is 0 Å². The summed E-state index contributed by atoms with van der Waals surface area (Å²) < 4.78 is 0. The molecule has 0 amide bonds. The van der Waals surface area contributed by atoms with Crippen LogP contribution in [-0.4, -0.2) is 0 Å². The smallest absolute Gasteiger partial charge is 0.0772 e. The van der Waals surface area contributed by atoms with E-state index in [2.05, 4.69) is 12.6 Å². The van der Waals surface area contributed by atoms with Gasteiger partial charge in [0.05, 0.1) is 12.0 Å². The highest BCUT2D eigenvalue weighted by Gasteiger charge is 2.15. The average Bonchev–Trinajstić information content (AvgIpc) is 2.20. The van der Waals surface area contributed by atoms with Crippen molar-refractivity contribution in [1.82, 2.24) is 0 Å². The molecular formula is C12H13N. The van der Waals surface area contributed by atoms with E-state index < -0.39 is 0 Å². The Kier molecular flexibility index (Phi) is 3.28. The van der Waals surface area contributed by atoms with Gasteiger partial charge in [0.2, 0.25) is 0 Å². The second-order valence-electron chi connectivity index (χ2n) is 3.11. The normalized spacial score (nSPS) is 14.2. The minimum Gasteiger partial charge on any atom is -0.198 e. The Labute approximate surface area is 79.3 Å². The predicted octanol–water partition coefficient (Wildman–Crippen LogP) is 3.12. The van der Waals surface area contributed by atoms with E-state index >= 15 is 0 Å². The standard InChI is InChI=1S/C12H13N/c1-3-10(2)12(9-13)11-7-5-4-6-8-11/h3-8,10,12H,1H2,2H3. The summed E-state index contributed by atoms with van der Waals surface area (Å²) >= 11 is 0. The zero-order chi connectivity index (χ0) is 9.68. The van der Waals surface area contributed by atoms with E-state index in [9.17, 15) is 0 Å². The molecule has 0 aliphatic heterocycles. The van der Waals surface area contributed by atoms with Crippen molar-refractivity contribution < 1.29 is 0 Å². The maximum Gasteiger partial charge on any atom is 0.0772 e. The first-order chi connectivity index (χ1) is 6.29. The van der Waals surface area contributed by atoms with Gasteiger partial charge in [0.15, 0.2) is 0 Å². The number of hydrogen-bond acceptors (Lipinski definition) is 1. The zero-order valence-electron chi connectivity index (χ0n) is 7.77. The molecule has 0 saturated heterocycles. The summed E-state index contributed by atoms with van der Waals surface area (Å²) in [6, 6.07) is 12.1. The van der Waals surface area contributed by atoms with Gasteiger partial charge in [0.1, 0.15) is 0 Å². The van der Waals surface area contributed by atoms with Crippen LogP contribution in [0.4, 0.5) is 0 Å². The second-order valence-corrected chi connectivity index (χ2v) is 3.11. The lowest BCUT2D eigenvalue weighted by Crippen LogP contribution is -2.04. The van der Waals surface area contributed by atoms with E-state index in [4.69, 9.17) is 5.26 Å². The quantitative estimate of drug-likeness (QED) is 0.641. The van der Waals surface area contributed by atoms with Gasteiger partial charge in [-0.25, -0.2) is 0 Å². The number of rotatable bonds is 3. The van der Waals surface area contributed by atoms with Gasteiger partial charge in [-0.1, -0.05) is 43.3 Å². The fourth-order valence-corrected chi connectivity index (χ4v) is 1.29. The fourth-order valence-electron chi connectivity index (χ4n) is 1.29. The van der Waals surface area contributed by atoms with E-state index in [0.717, 1.165) is 5.56 Å². The third-order valence-electron chi connectivity index (χ3n) is 2.20. The highest BCUT2D eigenvalue weighted by Crippen LogP contribution is 2.23. The number of allylic oxidation sites excluding steroid dienone is 1. The highest BCUT2D eigenvalue weighted by molar-refractivity contribution is 5.26. The lowest BCUT2D eigenvalue weighted by Gasteiger charge is -2.13. The van der Waals surface area contributed by atoms with Crippen LogP contribution in [0.5, 0.6) is 0 Å². The largest absolute Gasteiger partial charge is 0.198 e. The highest BCUT2D eigenvalue weighted by atomic mass is 14.3. The Morgan fingerprint density at radius 3 is 2.46 bits per heavy atom. The van der Waals surface area contributed by atoms with Gasteiger partial charge in [-0.2, -0.15) is 5.26 Å². The van der Waals surface area contributed by atoms with Crippen LogP contribution in [0.3, 0.4) is 0 Å². The Morgan fingerprint density at radius 2 is 2.00 bits per heavy atom. The number of hydrogen-bond donors (Lipinski definition) is 0. The summed E-state index contributed by atoms with van der Waals surface area (Å²) in [6.45, 7) is 5.71. The molecule has 0 aromatic heterocycles. The minimum atomic E-state index is -0.0706. The molecule has 1 nitrogen and oxygen atoms in total. The van der Waals surface area contributed by atoms with Crippen molar-refractivity contribution in [2.75, 3.05) is 0 Å². The van der Waals surface area contributed by atoms with Gasteiger partial charge in [0, 0.05) is 0 Å². The van der Waals surface area contributed by atoms with Gasteiger partial charge in [-0.3, -0.25) is 0 Å². The first-order valence-corrected chi connectivity index (χ1v) is 4.36. The van der Waals surface area contributed by atoms with Crippen LogP contribution < -0.4 is 0 Å². The monoisotopic (exact) mass is 171 g/mol. The van der Waals surface area contributed by atoms with Gasteiger partial charge in [-0.05, 0) is 11.5 Å². The van der Waals surface area contributed by atoms with E-state index in [1.807, 2.05) is 43.3 Å². The molecule has 2 atom stereocenters. The molecule has 1 aromatic carbocycles. The third kappa shape index (κ3) is 2.19. The Bertz CT molecular complexity index is 308. The summed E-state index contributed by atoms with van der Waals surface area (Å²) in [5.41, 5.74) is 1.07. The van der Waals surface area contributed by atoms with E-state index in [-0.39, 0.29) is 11.8 Å². The van der Waals surface area contributed by atoms with Crippen molar-refractivity contribution in [3.63, 3.8) is 0 Å². The van der Waals surface area contributed by atoms with Gasteiger partial charge in [0.25, 0.3) is 0 Å². The SMILES string of the molecule is C=CC(C)C(C#N)c1ccccc1. The maximum atomic E-state index is 8.98. The van der Waals surface area contributed by atoms with Crippen LogP contribution in [0.25, 0.3) is 0 Å². The van der Waals surface area contributed by atoms with Gasteiger partial charge < -0.3 is 0 Å². The lowest BCUT2D eigenvalue weighted by molar-refractivity contribution is 0.654. The van der Waals surface area contributed by atoms with Crippen molar-refractivity contribution in [3.8, 4) is 6.07 Å². The number of nitrogens with zero attached hydrogens (tertiary/aromatic N) is 1. The van der Waals surface area contributed by atoms with Crippen molar-refractivity contribution in [3.05, 3.63) is 48.6 Å². The maximum absolute atomic E-state index is 8.98. The van der Waals surface area contributed by atoms with E-state index in [1.165, 1.54) is 0 Å². The molecule has 2 unspecified atom stereocenters. The fraction of sp³-hybridized carbons (Fsp3) is 0.250. The molecule has 0 aliphatic carbocycles. The Balaban J connectivity index is 2.93. The first-order valence-electron chi connectivity index (χ1n) is 4.36. The molecular weight excluding hydrogens is 158 g/mol. The summed E-state index contributed by atoms with van der Waals surface area (Å²) in [7, 11) is 0. The molecule has 1 rings (SSSR count). The van der Waals surface area contributed by atoms with Crippen molar-refractivity contribution in [1.29, 1.82) is 5.26 Å². The Hall–Kier alpha value is -1.55. The first kappa shape index (κ1) is 9.54. The summed E-state index contributed by atoms with van der Waals surface area (Å²) in [4.78, 5) is 0. The molecule has 0 bridgehead atoms. The summed E-state index contributed by atoms with van der Waals surface area (Å²) in [5.74, 6) is 0.131. The van der Waals surface area contributed by atoms with Crippen molar-refractivity contribution in [2.24, 2.45) is 5.92 Å². The molecule has 0 N–H and O–H groups in total. The van der Waals surface area contributed by atoms with Crippen LogP contribution in [-0.2, 0) is 0 Å². The van der Waals surface area contributed by atoms with Crippen LogP contribution in [0.2, 0.25) is 0 Å². The van der Waals surface area contributed by atoms with Crippen LogP contribution in [0.1, 0.15) is 18.4 Å². The van der Waals surface area contributed by atoms with Crippen LogP contribution in [0.15, 0.2) is 43.0 Å². The lowest BCUT2D eigenvalue weighted by atomic mass is 9.89. The molecule has 1 heteroatoms. The number of benzene rings is 1. The molecule has 13 heavy (non-hydrogen) atoms. The molecule has 0 radical (unpaired) electrons. The third-order valence-corrected chi connectivity index (χ3v) is 2.20. The van der Waals surface area contributed by atoms with Crippen molar-refractivity contribution in [2.45, 2.75) is 12.8 Å². The zero-order valence-corrected chi connectivity index (χ0v) is 7.77. The summed E-state index contributed by atoms with van der Waals surface area (Å²) in [6.07, 6.45) is 1.82. The van der Waals surface area contributed by atoms with Gasteiger partial charge >= 0.3 is 0 Å². The average molecular weight is 171 g/mol. The molecule has 1 aromatic rings. The van der Waals surface area contributed by atoms with Gasteiger partial charge in [-0.15, -0.1) is 6.58 Å².